The largest absolute Gasteiger partial charge is 0.452 e. The van der Waals surface area contributed by atoms with Crippen molar-refractivity contribution in [2.24, 2.45) is 0 Å². The highest BCUT2D eigenvalue weighted by Gasteiger charge is 2.00. The van der Waals surface area contributed by atoms with Crippen LogP contribution in [0, 0.1) is 11.8 Å². The highest BCUT2D eigenvalue weighted by molar-refractivity contribution is 5.69. The Hall–Kier alpha value is -1.01. The molecular formula is C13H22O3. The van der Waals surface area contributed by atoms with E-state index in [-0.39, 0.29) is 12.6 Å². The lowest BCUT2D eigenvalue weighted by atomic mass is 10.1. The number of aliphatic hydroxyl groups excluding tert-OH is 1. The van der Waals surface area contributed by atoms with Gasteiger partial charge in [-0.05, 0) is 13.3 Å². The number of carbonyl (C=O) groups excluding carboxylic acids is 1. The minimum absolute atomic E-state index is 0.0820. The summed E-state index contributed by atoms with van der Waals surface area (Å²) in [6, 6.07) is 0. The molecule has 0 amide bonds. The van der Waals surface area contributed by atoms with Crippen molar-refractivity contribution in [1.29, 1.82) is 0 Å². The van der Waals surface area contributed by atoms with Crippen molar-refractivity contribution in [2.45, 2.75) is 58.5 Å². The highest BCUT2D eigenvalue weighted by Crippen LogP contribution is 2.05. The second kappa shape index (κ2) is 10.5. The first-order valence-electron chi connectivity index (χ1n) is 5.99. The fraction of sp³-hybridized carbons (Fsp3) is 0.769. The van der Waals surface area contributed by atoms with E-state index in [2.05, 4.69) is 18.8 Å². The van der Waals surface area contributed by atoms with E-state index in [0.717, 1.165) is 12.8 Å². The molecule has 0 spiro atoms. The van der Waals surface area contributed by atoms with Crippen LogP contribution in [-0.2, 0) is 9.53 Å². The molecule has 0 bridgehead atoms. The molecule has 0 aliphatic heterocycles. The lowest BCUT2D eigenvalue weighted by molar-refractivity contribution is -0.142. The van der Waals surface area contributed by atoms with E-state index < -0.39 is 6.10 Å². The van der Waals surface area contributed by atoms with Gasteiger partial charge in [-0.3, -0.25) is 4.79 Å². The third kappa shape index (κ3) is 11.1. The minimum atomic E-state index is -0.659. The van der Waals surface area contributed by atoms with Gasteiger partial charge in [0.25, 0.3) is 0 Å². The molecule has 1 N–H and O–H groups in total. The van der Waals surface area contributed by atoms with Crippen molar-refractivity contribution >= 4 is 5.97 Å². The molecule has 0 aliphatic rings. The van der Waals surface area contributed by atoms with Gasteiger partial charge >= 0.3 is 5.97 Å². The van der Waals surface area contributed by atoms with E-state index in [1.54, 1.807) is 6.92 Å². The van der Waals surface area contributed by atoms with Crippen molar-refractivity contribution in [1.82, 2.24) is 0 Å². The van der Waals surface area contributed by atoms with Gasteiger partial charge in [0.15, 0.2) is 6.61 Å². The molecular weight excluding hydrogens is 204 g/mol. The Morgan fingerprint density at radius 3 is 2.62 bits per heavy atom. The Morgan fingerprint density at radius 2 is 2.00 bits per heavy atom. The third-order valence-electron chi connectivity index (χ3n) is 2.10. The van der Waals surface area contributed by atoms with Crippen molar-refractivity contribution in [3.05, 3.63) is 0 Å². The topological polar surface area (TPSA) is 46.5 Å². The zero-order valence-corrected chi connectivity index (χ0v) is 10.3. The van der Waals surface area contributed by atoms with Gasteiger partial charge in [-0.15, -0.1) is 0 Å². The van der Waals surface area contributed by atoms with Crippen LogP contribution < -0.4 is 0 Å². The Morgan fingerprint density at radius 1 is 1.31 bits per heavy atom. The normalized spacial score (nSPS) is 11.4. The summed E-state index contributed by atoms with van der Waals surface area (Å²) in [7, 11) is 0. The first kappa shape index (κ1) is 15.0. The Bertz CT molecular complexity index is 235. The third-order valence-corrected chi connectivity index (χ3v) is 2.10. The van der Waals surface area contributed by atoms with Crippen molar-refractivity contribution < 1.29 is 14.6 Å². The molecule has 1 unspecified atom stereocenters. The van der Waals surface area contributed by atoms with E-state index >= 15 is 0 Å². The molecule has 3 nitrogen and oxygen atoms in total. The molecule has 0 saturated carbocycles. The number of unbranched alkanes of at least 4 members (excludes halogenated alkanes) is 4. The van der Waals surface area contributed by atoms with Crippen LogP contribution in [0.3, 0.4) is 0 Å². The van der Waals surface area contributed by atoms with Gasteiger partial charge in [0.05, 0.1) is 0 Å². The number of esters is 1. The molecule has 1 atom stereocenters. The molecule has 92 valence electrons. The first-order valence-corrected chi connectivity index (χ1v) is 5.99. The van der Waals surface area contributed by atoms with Crippen LogP contribution in [0.15, 0.2) is 0 Å². The highest BCUT2D eigenvalue weighted by atomic mass is 16.5. The second-order valence-electron chi connectivity index (χ2n) is 3.82. The fourth-order valence-electron chi connectivity index (χ4n) is 1.25. The molecule has 0 radical (unpaired) electrons. The Kier molecular flexibility index (Phi) is 9.84. The van der Waals surface area contributed by atoms with Gasteiger partial charge in [-0.25, -0.2) is 0 Å². The van der Waals surface area contributed by atoms with Gasteiger partial charge < -0.3 is 9.84 Å². The van der Waals surface area contributed by atoms with Gasteiger partial charge in [0.1, 0.15) is 6.10 Å². The lowest BCUT2D eigenvalue weighted by Crippen LogP contribution is -2.05. The molecule has 16 heavy (non-hydrogen) atoms. The summed E-state index contributed by atoms with van der Waals surface area (Å²) in [5.74, 6) is 4.90. The van der Waals surface area contributed by atoms with Crippen LogP contribution in [0.5, 0.6) is 0 Å². The molecule has 0 heterocycles. The summed E-state index contributed by atoms with van der Waals surface area (Å²) in [4.78, 5) is 11.2. The Labute approximate surface area is 98.2 Å². The van der Waals surface area contributed by atoms with Crippen LogP contribution >= 0.6 is 0 Å². The van der Waals surface area contributed by atoms with Crippen LogP contribution in [-0.4, -0.2) is 23.8 Å². The fourth-order valence-corrected chi connectivity index (χ4v) is 1.25. The number of ether oxygens (including phenoxy) is 1. The van der Waals surface area contributed by atoms with Crippen molar-refractivity contribution in [3.8, 4) is 11.8 Å². The molecule has 3 heteroatoms. The summed E-state index contributed by atoms with van der Waals surface area (Å²) < 4.78 is 4.88. The predicted molar refractivity (Wildman–Crippen MR) is 63.8 cm³/mol. The molecule has 0 aromatic rings. The zero-order chi connectivity index (χ0) is 12.2. The second-order valence-corrected chi connectivity index (χ2v) is 3.82. The van der Waals surface area contributed by atoms with Gasteiger partial charge in [-0.2, -0.15) is 0 Å². The van der Waals surface area contributed by atoms with E-state index in [0.29, 0.717) is 6.42 Å². The molecule has 0 aromatic heterocycles. The van der Waals surface area contributed by atoms with E-state index in [1.807, 2.05) is 0 Å². The van der Waals surface area contributed by atoms with Crippen molar-refractivity contribution in [3.63, 3.8) is 0 Å². The summed E-state index contributed by atoms with van der Waals surface area (Å²) >= 11 is 0. The van der Waals surface area contributed by atoms with Crippen LogP contribution in [0.1, 0.15) is 52.4 Å². The monoisotopic (exact) mass is 226 g/mol. The lowest BCUT2D eigenvalue weighted by Gasteiger charge is -2.00. The van der Waals surface area contributed by atoms with Gasteiger partial charge in [0.2, 0.25) is 0 Å². The van der Waals surface area contributed by atoms with Crippen LogP contribution in [0.2, 0.25) is 0 Å². The summed E-state index contributed by atoms with van der Waals surface area (Å²) in [5.41, 5.74) is 0. The molecule has 0 rings (SSSR count). The van der Waals surface area contributed by atoms with Crippen molar-refractivity contribution in [2.75, 3.05) is 6.61 Å². The van der Waals surface area contributed by atoms with E-state index in [1.165, 1.54) is 19.3 Å². The number of rotatable bonds is 7. The molecule has 0 fully saturated rings. The number of aliphatic hydroxyl groups is 1. The van der Waals surface area contributed by atoms with E-state index in [4.69, 9.17) is 9.84 Å². The average molecular weight is 226 g/mol. The van der Waals surface area contributed by atoms with Gasteiger partial charge in [0, 0.05) is 6.42 Å². The SMILES string of the molecule is CCCCCCCC(=O)OCC#CC(C)O. The first-order chi connectivity index (χ1) is 7.66. The maximum Gasteiger partial charge on any atom is 0.306 e. The predicted octanol–water partition coefficient (Wildman–Crippen LogP) is 2.27. The quantitative estimate of drug-likeness (QED) is 0.411. The summed E-state index contributed by atoms with van der Waals surface area (Å²) in [5, 5.41) is 8.83. The number of hydrogen-bond acceptors (Lipinski definition) is 3. The summed E-state index contributed by atoms with van der Waals surface area (Å²) in [6.45, 7) is 3.82. The smallest absolute Gasteiger partial charge is 0.306 e. The summed E-state index contributed by atoms with van der Waals surface area (Å²) in [6.07, 6.45) is 5.41. The van der Waals surface area contributed by atoms with Gasteiger partial charge in [-0.1, -0.05) is 44.4 Å². The molecule has 0 saturated heterocycles. The van der Waals surface area contributed by atoms with Crippen LogP contribution in [0.25, 0.3) is 0 Å². The average Bonchev–Trinajstić information content (AvgIpc) is 2.24. The molecule has 0 aromatic carbocycles. The standard InChI is InChI=1S/C13H22O3/c1-3-4-5-6-7-10-13(15)16-11-8-9-12(2)14/h12,14H,3-7,10-11H2,1-2H3. The van der Waals surface area contributed by atoms with E-state index in [9.17, 15) is 4.79 Å². The number of hydrogen-bond donors (Lipinski definition) is 1. The Balaban J connectivity index is 3.36. The van der Waals surface area contributed by atoms with Crippen LogP contribution in [0.4, 0.5) is 0 Å². The molecule has 0 aliphatic carbocycles. The maximum atomic E-state index is 11.2. The minimum Gasteiger partial charge on any atom is -0.452 e. The number of carbonyl (C=O) groups is 1. The maximum absolute atomic E-state index is 11.2. The zero-order valence-electron chi connectivity index (χ0n) is 10.3.